The molecule has 0 spiro atoms. The highest BCUT2D eigenvalue weighted by Gasteiger charge is 2.37. The lowest BCUT2D eigenvalue weighted by atomic mass is 9.66. The monoisotopic (exact) mass is 331 g/mol. The van der Waals surface area contributed by atoms with Gasteiger partial charge < -0.3 is 17.2 Å². The summed E-state index contributed by atoms with van der Waals surface area (Å²) >= 11 is 0. The lowest BCUT2D eigenvalue weighted by Gasteiger charge is -2.38. The minimum Gasteiger partial charge on any atom is -0.301 e. The average Bonchev–Trinajstić information content (AvgIpc) is 2.64. The largest absolute Gasteiger partial charge is 0.301 e. The molecule has 0 aliphatic carbocycles. The summed E-state index contributed by atoms with van der Waals surface area (Å²) in [5, 5.41) is 0. The molecule has 0 saturated carbocycles. The van der Waals surface area contributed by atoms with E-state index >= 15 is 0 Å². The lowest BCUT2D eigenvalue weighted by Crippen LogP contribution is -2.58. The fraction of sp³-hybridized carbons (Fsp3) is 0.182. The Morgan fingerprint density at radius 3 is 1.08 bits per heavy atom. The van der Waals surface area contributed by atoms with Crippen molar-refractivity contribution in [2.45, 2.75) is 24.0 Å². The third-order valence-corrected chi connectivity index (χ3v) is 4.73. The molecule has 3 rings (SSSR count). The molecular formula is C22H25N3. The zero-order valence-electron chi connectivity index (χ0n) is 14.3. The quantitative estimate of drug-likeness (QED) is 0.479. The van der Waals surface area contributed by atoms with Crippen molar-refractivity contribution in [2.75, 3.05) is 0 Å². The van der Waals surface area contributed by atoms with E-state index in [1.165, 1.54) is 16.7 Å². The van der Waals surface area contributed by atoms with E-state index in [9.17, 15) is 0 Å². The highest BCUT2D eigenvalue weighted by molar-refractivity contribution is 5.50. The van der Waals surface area contributed by atoms with Crippen LogP contribution in [-0.4, -0.2) is 5.79 Å². The van der Waals surface area contributed by atoms with E-state index < -0.39 is 5.79 Å². The molecular weight excluding hydrogens is 306 g/mol. The van der Waals surface area contributed by atoms with Gasteiger partial charge in [-0.3, -0.25) is 0 Å². The van der Waals surface area contributed by atoms with Gasteiger partial charge in [-0.2, -0.15) is 0 Å². The maximum absolute atomic E-state index is 5.93. The highest BCUT2D eigenvalue weighted by atomic mass is 15.1. The summed E-state index contributed by atoms with van der Waals surface area (Å²) in [6.07, 6.45) is 1.21. The molecule has 0 unspecified atom stereocenters. The van der Waals surface area contributed by atoms with Crippen LogP contribution in [0.1, 0.15) is 29.5 Å². The van der Waals surface area contributed by atoms with E-state index in [1.54, 1.807) is 0 Å². The van der Waals surface area contributed by atoms with Crippen LogP contribution in [0.3, 0.4) is 0 Å². The van der Waals surface area contributed by atoms with Gasteiger partial charge in [0, 0.05) is 5.41 Å². The number of benzene rings is 3. The number of hydrogen-bond donors (Lipinski definition) is 3. The summed E-state index contributed by atoms with van der Waals surface area (Å²) in [7, 11) is 0. The molecule has 25 heavy (non-hydrogen) atoms. The zero-order valence-corrected chi connectivity index (χ0v) is 14.3. The van der Waals surface area contributed by atoms with Crippen molar-refractivity contribution in [1.82, 2.24) is 0 Å². The Kier molecular flexibility index (Phi) is 5.00. The molecule has 3 heteroatoms. The molecule has 0 radical (unpaired) electrons. The third-order valence-electron chi connectivity index (χ3n) is 4.73. The lowest BCUT2D eigenvalue weighted by molar-refractivity contribution is 0.373. The van der Waals surface area contributed by atoms with Gasteiger partial charge in [-0.25, -0.2) is 0 Å². The number of rotatable bonds is 6. The Morgan fingerprint density at radius 2 is 0.800 bits per heavy atom. The molecule has 0 aromatic heterocycles. The number of hydrogen-bond acceptors (Lipinski definition) is 3. The van der Waals surface area contributed by atoms with Crippen molar-refractivity contribution in [1.29, 1.82) is 0 Å². The van der Waals surface area contributed by atoms with Crippen LogP contribution in [0, 0.1) is 0 Å². The Morgan fingerprint density at radius 1 is 0.480 bits per heavy atom. The summed E-state index contributed by atoms with van der Waals surface area (Å²) in [4.78, 5) is 0. The third kappa shape index (κ3) is 3.80. The fourth-order valence-electron chi connectivity index (χ4n) is 3.51. The second-order valence-electron chi connectivity index (χ2n) is 6.62. The van der Waals surface area contributed by atoms with Crippen molar-refractivity contribution < 1.29 is 0 Å². The van der Waals surface area contributed by atoms with Crippen LogP contribution in [0.2, 0.25) is 0 Å². The molecule has 0 bridgehead atoms. The van der Waals surface area contributed by atoms with Crippen LogP contribution in [0.5, 0.6) is 0 Å². The fourth-order valence-corrected chi connectivity index (χ4v) is 3.51. The molecule has 3 aromatic rings. The van der Waals surface area contributed by atoms with Crippen molar-refractivity contribution >= 4 is 0 Å². The van der Waals surface area contributed by atoms with Crippen molar-refractivity contribution in [3.8, 4) is 0 Å². The van der Waals surface area contributed by atoms with Crippen LogP contribution in [-0.2, 0) is 5.41 Å². The van der Waals surface area contributed by atoms with Gasteiger partial charge in [0.1, 0.15) is 5.79 Å². The van der Waals surface area contributed by atoms with Crippen molar-refractivity contribution in [3.63, 3.8) is 0 Å². The Hall–Kier alpha value is -2.46. The summed E-state index contributed by atoms with van der Waals surface area (Å²) < 4.78 is 0. The molecule has 3 aromatic carbocycles. The minimum atomic E-state index is -1.20. The minimum absolute atomic E-state index is 0.354. The van der Waals surface area contributed by atoms with Gasteiger partial charge in [0.15, 0.2) is 0 Å². The Balaban J connectivity index is 2.24. The van der Waals surface area contributed by atoms with Gasteiger partial charge in [-0.15, -0.1) is 0 Å². The molecule has 128 valence electrons. The molecule has 0 fully saturated rings. The molecule has 3 nitrogen and oxygen atoms in total. The summed E-state index contributed by atoms with van der Waals surface area (Å²) in [6, 6.07) is 31.4. The van der Waals surface area contributed by atoms with E-state index in [4.69, 9.17) is 17.2 Å². The molecule has 0 aliphatic rings. The summed E-state index contributed by atoms with van der Waals surface area (Å²) in [5.41, 5.74) is 21.1. The van der Waals surface area contributed by atoms with Crippen molar-refractivity contribution in [3.05, 3.63) is 108 Å². The maximum atomic E-state index is 5.93. The van der Waals surface area contributed by atoms with Crippen LogP contribution in [0.15, 0.2) is 91.0 Å². The van der Waals surface area contributed by atoms with Crippen LogP contribution >= 0.6 is 0 Å². The van der Waals surface area contributed by atoms with Crippen molar-refractivity contribution in [2.24, 2.45) is 17.2 Å². The predicted molar refractivity (Wildman–Crippen MR) is 104 cm³/mol. The van der Waals surface area contributed by atoms with Gasteiger partial charge in [0.05, 0.1) is 0 Å². The first-order valence-electron chi connectivity index (χ1n) is 8.56. The van der Waals surface area contributed by atoms with E-state index in [2.05, 4.69) is 72.8 Å². The van der Waals surface area contributed by atoms with E-state index in [0.29, 0.717) is 12.8 Å². The number of nitrogens with two attached hydrogens (primary N) is 3. The van der Waals surface area contributed by atoms with Crippen LogP contribution in [0.4, 0.5) is 0 Å². The molecule has 0 heterocycles. The Labute approximate surface area is 149 Å². The second-order valence-corrected chi connectivity index (χ2v) is 6.62. The second kappa shape index (κ2) is 7.19. The van der Waals surface area contributed by atoms with Crippen LogP contribution in [0.25, 0.3) is 0 Å². The summed E-state index contributed by atoms with van der Waals surface area (Å²) in [6.45, 7) is 0. The summed E-state index contributed by atoms with van der Waals surface area (Å²) in [5.74, 6) is -1.20. The van der Waals surface area contributed by atoms with Gasteiger partial charge >= 0.3 is 0 Å². The standard InChI is InChI=1S/C22H25N3/c23-22(24,25)17-16-21(18-10-4-1-5-11-18,19-12-6-2-7-13-19)20-14-8-3-9-15-20/h1-15H,16-17,23-25H2. The highest BCUT2D eigenvalue weighted by Crippen LogP contribution is 2.43. The predicted octanol–water partition coefficient (Wildman–Crippen LogP) is 3.33. The first-order chi connectivity index (χ1) is 12.0. The molecule has 6 N–H and O–H groups in total. The van der Waals surface area contributed by atoms with E-state index in [-0.39, 0.29) is 5.41 Å². The normalized spacial score (nSPS) is 12.1. The van der Waals surface area contributed by atoms with Gasteiger partial charge in [-0.1, -0.05) is 91.0 Å². The van der Waals surface area contributed by atoms with E-state index in [1.807, 2.05) is 18.2 Å². The molecule has 0 atom stereocenters. The smallest absolute Gasteiger partial charge is 0.115 e. The molecule has 0 amide bonds. The topological polar surface area (TPSA) is 78.1 Å². The Bertz CT molecular complexity index is 681. The first-order valence-corrected chi connectivity index (χ1v) is 8.56. The van der Waals surface area contributed by atoms with Gasteiger partial charge in [0.2, 0.25) is 0 Å². The maximum Gasteiger partial charge on any atom is 0.115 e. The molecule has 0 saturated heterocycles. The van der Waals surface area contributed by atoms with Crippen LogP contribution < -0.4 is 17.2 Å². The average molecular weight is 331 g/mol. The zero-order chi connectivity index (χ0) is 17.8. The van der Waals surface area contributed by atoms with Gasteiger partial charge in [0.25, 0.3) is 0 Å². The molecule has 0 aliphatic heterocycles. The van der Waals surface area contributed by atoms with Gasteiger partial charge in [-0.05, 0) is 29.5 Å². The SMILES string of the molecule is NC(N)(N)CCC(c1ccccc1)(c1ccccc1)c1ccccc1. The first kappa shape index (κ1) is 17.4. The van der Waals surface area contributed by atoms with E-state index in [0.717, 1.165) is 0 Å².